The van der Waals surface area contributed by atoms with Crippen LogP contribution >= 0.6 is 0 Å². The number of likely N-dealkylation sites (N-methyl/N-ethyl adjacent to an activating group) is 1. The lowest BCUT2D eigenvalue weighted by molar-refractivity contribution is -0.136. The molecule has 0 aromatic heterocycles. The Morgan fingerprint density at radius 1 is 1.33 bits per heavy atom. The van der Waals surface area contributed by atoms with Crippen molar-refractivity contribution in [2.24, 2.45) is 17.6 Å². The summed E-state index contributed by atoms with van der Waals surface area (Å²) in [6.07, 6.45) is 2.68. The number of nitrogens with zero attached hydrogens (tertiary/aromatic N) is 1. The standard InChI is InChI=1S/C13H25N3O2/c1-8-5-6-10(14)7-11(8)12(17)15-9(2)13(18)16(3)4/h8-11H,5-7,14H2,1-4H3,(H,15,17). The number of nitrogens with two attached hydrogens (primary N) is 1. The molecule has 1 fully saturated rings. The largest absolute Gasteiger partial charge is 0.347 e. The van der Waals surface area contributed by atoms with Crippen molar-refractivity contribution >= 4 is 11.8 Å². The predicted octanol–water partition coefficient (Wildman–Crippen LogP) is 0.343. The van der Waals surface area contributed by atoms with Gasteiger partial charge in [-0.1, -0.05) is 6.92 Å². The molecule has 1 rings (SSSR count). The van der Waals surface area contributed by atoms with Gasteiger partial charge in [0, 0.05) is 26.1 Å². The van der Waals surface area contributed by atoms with Crippen LogP contribution in [0.2, 0.25) is 0 Å². The number of amides is 2. The van der Waals surface area contributed by atoms with Crippen LogP contribution in [0.5, 0.6) is 0 Å². The summed E-state index contributed by atoms with van der Waals surface area (Å²) in [4.78, 5) is 25.3. The van der Waals surface area contributed by atoms with E-state index < -0.39 is 6.04 Å². The van der Waals surface area contributed by atoms with Gasteiger partial charge in [-0.2, -0.15) is 0 Å². The van der Waals surface area contributed by atoms with E-state index in [1.165, 1.54) is 4.90 Å². The highest BCUT2D eigenvalue weighted by atomic mass is 16.2. The molecule has 4 atom stereocenters. The van der Waals surface area contributed by atoms with Gasteiger partial charge in [-0.15, -0.1) is 0 Å². The predicted molar refractivity (Wildman–Crippen MR) is 70.8 cm³/mol. The maximum absolute atomic E-state index is 12.2. The van der Waals surface area contributed by atoms with Crippen LogP contribution < -0.4 is 11.1 Å². The average Bonchev–Trinajstić information content (AvgIpc) is 2.30. The van der Waals surface area contributed by atoms with Crippen LogP contribution in [-0.4, -0.2) is 42.9 Å². The molecule has 1 aliphatic rings. The fraction of sp³-hybridized carbons (Fsp3) is 0.846. The second-order valence-electron chi connectivity index (χ2n) is 5.62. The average molecular weight is 255 g/mol. The lowest BCUT2D eigenvalue weighted by Gasteiger charge is -2.32. The minimum absolute atomic E-state index is 0.0413. The second-order valence-corrected chi connectivity index (χ2v) is 5.62. The van der Waals surface area contributed by atoms with E-state index in [4.69, 9.17) is 5.73 Å². The molecule has 0 aliphatic heterocycles. The molecule has 0 aromatic carbocycles. The number of hydrogen-bond acceptors (Lipinski definition) is 3. The van der Waals surface area contributed by atoms with Gasteiger partial charge in [0.2, 0.25) is 11.8 Å². The molecular weight excluding hydrogens is 230 g/mol. The van der Waals surface area contributed by atoms with Crippen LogP contribution in [0.15, 0.2) is 0 Å². The van der Waals surface area contributed by atoms with Crippen LogP contribution in [-0.2, 0) is 9.59 Å². The van der Waals surface area contributed by atoms with Gasteiger partial charge in [-0.05, 0) is 32.1 Å². The third kappa shape index (κ3) is 3.70. The molecule has 1 saturated carbocycles. The number of nitrogens with one attached hydrogen (secondary N) is 1. The first kappa shape index (κ1) is 15.0. The summed E-state index contributed by atoms with van der Waals surface area (Å²) in [5, 5.41) is 2.80. The Bertz CT molecular complexity index is 317. The van der Waals surface area contributed by atoms with Gasteiger partial charge < -0.3 is 16.0 Å². The van der Waals surface area contributed by atoms with Crippen LogP contribution in [0.3, 0.4) is 0 Å². The van der Waals surface area contributed by atoms with Gasteiger partial charge in [-0.25, -0.2) is 0 Å². The monoisotopic (exact) mass is 255 g/mol. The van der Waals surface area contributed by atoms with Crippen molar-refractivity contribution < 1.29 is 9.59 Å². The van der Waals surface area contributed by atoms with Crippen LogP contribution in [0.4, 0.5) is 0 Å². The Morgan fingerprint density at radius 2 is 1.94 bits per heavy atom. The van der Waals surface area contributed by atoms with E-state index in [-0.39, 0.29) is 23.8 Å². The molecule has 1 aliphatic carbocycles. The first-order chi connectivity index (χ1) is 8.32. The Kier molecular flexibility index (Phi) is 5.14. The van der Waals surface area contributed by atoms with Crippen molar-refractivity contribution in [3.05, 3.63) is 0 Å². The van der Waals surface area contributed by atoms with E-state index in [1.807, 2.05) is 0 Å². The summed E-state index contributed by atoms with van der Waals surface area (Å²) in [6.45, 7) is 3.79. The molecule has 0 heterocycles. The molecule has 0 saturated heterocycles. The smallest absolute Gasteiger partial charge is 0.244 e. The van der Waals surface area contributed by atoms with Gasteiger partial charge in [0.05, 0.1) is 0 Å². The quantitative estimate of drug-likeness (QED) is 0.763. The fourth-order valence-electron chi connectivity index (χ4n) is 2.49. The molecule has 4 unspecified atom stereocenters. The summed E-state index contributed by atoms with van der Waals surface area (Å²) in [6, 6.07) is -0.366. The molecular formula is C13H25N3O2. The highest BCUT2D eigenvalue weighted by Crippen LogP contribution is 2.29. The summed E-state index contributed by atoms with van der Waals surface area (Å²) in [5.41, 5.74) is 5.91. The van der Waals surface area contributed by atoms with Gasteiger partial charge in [0.15, 0.2) is 0 Å². The summed E-state index contributed by atoms with van der Waals surface area (Å²) >= 11 is 0. The summed E-state index contributed by atoms with van der Waals surface area (Å²) in [7, 11) is 3.37. The van der Waals surface area contributed by atoms with Gasteiger partial charge >= 0.3 is 0 Å². The van der Waals surface area contributed by atoms with E-state index in [1.54, 1.807) is 21.0 Å². The number of rotatable bonds is 3. The summed E-state index contributed by atoms with van der Waals surface area (Å²) in [5.74, 6) is 0.147. The highest BCUT2D eigenvalue weighted by Gasteiger charge is 2.32. The normalized spacial score (nSPS) is 29.5. The van der Waals surface area contributed by atoms with E-state index >= 15 is 0 Å². The van der Waals surface area contributed by atoms with Crippen molar-refractivity contribution in [3.8, 4) is 0 Å². The topological polar surface area (TPSA) is 75.4 Å². The highest BCUT2D eigenvalue weighted by molar-refractivity contribution is 5.88. The second kappa shape index (κ2) is 6.18. The minimum atomic E-state index is -0.474. The zero-order valence-corrected chi connectivity index (χ0v) is 11.8. The summed E-state index contributed by atoms with van der Waals surface area (Å²) < 4.78 is 0. The number of carbonyl (C=O) groups excluding carboxylic acids is 2. The SMILES string of the molecule is CC(NC(=O)C1CC(N)CCC1C)C(=O)N(C)C. The molecule has 18 heavy (non-hydrogen) atoms. The Morgan fingerprint density at radius 3 is 2.50 bits per heavy atom. The Hall–Kier alpha value is -1.10. The molecule has 3 N–H and O–H groups in total. The van der Waals surface area contributed by atoms with Crippen LogP contribution in [0.1, 0.15) is 33.1 Å². The van der Waals surface area contributed by atoms with E-state index in [9.17, 15) is 9.59 Å². The van der Waals surface area contributed by atoms with Gasteiger partial charge in [0.25, 0.3) is 0 Å². The van der Waals surface area contributed by atoms with Crippen molar-refractivity contribution in [2.75, 3.05) is 14.1 Å². The van der Waals surface area contributed by atoms with E-state index in [2.05, 4.69) is 12.2 Å². The molecule has 0 radical (unpaired) electrons. The lowest BCUT2D eigenvalue weighted by atomic mass is 9.77. The molecule has 0 spiro atoms. The minimum Gasteiger partial charge on any atom is -0.347 e. The third-order valence-corrected chi connectivity index (χ3v) is 3.74. The van der Waals surface area contributed by atoms with E-state index in [0.29, 0.717) is 5.92 Å². The number of hydrogen-bond donors (Lipinski definition) is 2. The molecule has 104 valence electrons. The van der Waals surface area contributed by atoms with E-state index in [0.717, 1.165) is 19.3 Å². The van der Waals surface area contributed by atoms with Gasteiger partial charge in [-0.3, -0.25) is 9.59 Å². The fourth-order valence-corrected chi connectivity index (χ4v) is 2.49. The molecule has 0 aromatic rings. The van der Waals surface area contributed by atoms with Crippen molar-refractivity contribution in [3.63, 3.8) is 0 Å². The van der Waals surface area contributed by atoms with Crippen LogP contribution in [0.25, 0.3) is 0 Å². The molecule has 0 bridgehead atoms. The maximum atomic E-state index is 12.2. The Balaban J connectivity index is 2.56. The van der Waals surface area contributed by atoms with Gasteiger partial charge in [0.1, 0.15) is 6.04 Å². The Labute approximate surface area is 109 Å². The van der Waals surface area contributed by atoms with Crippen molar-refractivity contribution in [1.82, 2.24) is 10.2 Å². The van der Waals surface area contributed by atoms with Crippen molar-refractivity contribution in [2.45, 2.75) is 45.2 Å². The lowest BCUT2D eigenvalue weighted by Crippen LogP contribution is -2.49. The maximum Gasteiger partial charge on any atom is 0.244 e. The zero-order chi connectivity index (χ0) is 13.9. The first-order valence-corrected chi connectivity index (χ1v) is 6.60. The molecule has 5 nitrogen and oxygen atoms in total. The molecule has 5 heteroatoms. The zero-order valence-electron chi connectivity index (χ0n) is 11.8. The van der Waals surface area contributed by atoms with Crippen LogP contribution in [0, 0.1) is 11.8 Å². The molecule has 2 amide bonds. The number of carbonyl (C=O) groups is 2. The first-order valence-electron chi connectivity index (χ1n) is 6.60. The van der Waals surface area contributed by atoms with Crippen molar-refractivity contribution in [1.29, 1.82) is 0 Å². The third-order valence-electron chi connectivity index (χ3n) is 3.74.